The lowest BCUT2D eigenvalue weighted by atomic mass is 10.0. The second-order valence-corrected chi connectivity index (χ2v) is 7.17. The molecule has 1 aromatic heterocycles. The molecule has 6 nitrogen and oxygen atoms in total. The molecule has 0 aliphatic heterocycles. The minimum atomic E-state index is -0.488. The monoisotopic (exact) mass is 417 g/mol. The smallest absolute Gasteiger partial charge is 0.343 e. The van der Waals surface area contributed by atoms with E-state index in [0.29, 0.717) is 28.0 Å². The summed E-state index contributed by atoms with van der Waals surface area (Å²) in [5, 5.41) is 2.36. The van der Waals surface area contributed by atoms with Crippen molar-refractivity contribution >= 4 is 33.6 Å². The Morgan fingerprint density at radius 2 is 1.61 bits per heavy atom. The van der Waals surface area contributed by atoms with Gasteiger partial charge in [0.15, 0.2) is 0 Å². The van der Waals surface area contributed by atoms with Crippen LogP contribution in [0.1, 0.15) is 33.3 Å². The molecule has 4 rings (SSSR count). The van der Waals surface area contributed by atoms with Gasteiger partial charge in [0.1, 0.15) is 11.5 Å². The van der Waals surface area contributed by atoms with Crippen LogP contribution in [-0.2, 0) is 11.8 Å². The predicted molar refractivity (Wildman–Crippen MR) is 119 cm³/mol. The normalized spacial score (nSPS) is 11.0. The fourth-order valence-corrected chi connectivity index (χ4v) is 3.84. The van der Waals surface area contributed by atoms with Crippen LogP contribution in [0, 0.1) is 6.92 Å². The third kappa shape index (κ3) is 3.50. The van der Waals surface area contributed by atoms with Crippen LogP contribution >= 0.6 is 0 Å². The number of hydrogen-bond donors (Lipinski definition) is 0. The SMILES string of the molecule is CCOC(=O)c1c(C)n(C)c2c1cc(OC(=O)c1ccc(OC)cc1)c1ccccc12. The van der Waals surface area contributed by atoms with Crippen molar-refractivity contribution in [3.8, 4) is 11.5 Å². The third-order valence-corrected chi connectivity index (χ3v) is 5.46. The molecule has 0 atom stereocenters. The van der Waals surface area contributed by atoms with Gasteiger partial charge in [0.2, 0.25) is 0 Å². The van der Waals surface area contributed by atoms with Crippen molar-refractivity contribution < 1.29 is 23.8 Å². The molecule has 0 radical (unpaired) electrons. The minimum absolute atomic E-state index is 0.279. The first kappa shape index (κ1) is 20.5. The number of hydrogen-bond acceptors (Lipinski definition) is 5. The van der Waals surface area contributed by atoms with Gasteiger partial charge in [-0.1, -0.05) is 24.3 Å². The molecule has 0 spiro atoms. The van der Waals surface area contributed by atoms with Crippen molar-refractivity contribution in [3.63, 3.8) is 0 Å². The van der Waals surface area contributed by atoms with Gasteiger partial charge in [-0.3, -0.25) is 0 Å². The highest BCUT2D eigenvalue weighted by molar-refractivity contribution is 6.16. The Labute approximate surface area is 179 Å². The van der Waals surface area contributed by atoms with Crippen molar-refractivity contribution in [1.29, 1.82) is 0 Å². The molecule has 0 saturated heterocycles. The molecule has 0 bridgehead atoms. The van der Waals surface area contributed by atoms with E-state index >= 15 is 0 Å². The van der Waals surface area contributed by atoms with E-state index in [0.717, 1.165) is 22.0 Å². The number of ether oxygens (including phenoxy) is 3. The molecule has 0 aliphatic rings. The summed E-state index contributed by atoms with van der Waals surface area (Å²) in [6.45, 7) is 3.93. The fourth-order valence-electron chi connectivity index (χ4n) is 3.84. The molecular weight excluding hydrogens is 394 g/mol. The summed E-state index contributed by atoms with van der Waals surface area (Å²) in [5.74, 6) is 0.160. The highest BCUT2D eigenvalue weighted by Crippen LogP contribution is 2.38. The summed E-state index contributed by atoms with van der Waals surface area (Å²) >= 11 is 0. The van der Waals surface area contributed by atoms with Crippen molar-refractivity contribution in [2.45, 2.75) is 13.8 Å². The summed E-state index contributed by atoms with van der Waals surface area (Å²) < 4.78 is 18.2. The Kier molecular flexibility index (Phi) is 5.38. The molecule has 0 aliphatic carbocycles. The first-order valence-corrected chi connectivity index (χ1v) is 10.00. The molecule has 0 amide bonds. The molecule has 0 saturated carbocycles. The van der Waals surface area contributed by atoms with Crippen molar-refractivity contribution in [1.82, 2.24) is 4.57 Å². The Morgan fingerprint density at radius 1 is 0.935 bits per heavy atom. The van der Waals surface area contributed by atoms with Crippen LogP contribution in [0.25, 0.3) is 21.7 Å². The number of methoxy groups -OCH3 is 1. The predicted octanol–water partition coefficient (Wildman–Crippen LogP) is 5.04. The number of aryl methyl sites for hydroxylation is 1. The maximum Gasteiger partial charge on any atom is 0.343 e. The Balaban J connectivity index is 1.88. The summed E-state index contributed by atoms with van der Waals surface area (Å²) in [6, 6.07) is 16.1. The van der Waals surface area contributed by atoms with E-state index in [9.17, 15) is 9.59 Å². The van der Waals surface area contributed by atoms with Crippen LogP contribution in [0.2, 0.25) is 0 Å². The first-order chi connectivity index (χ1) is 15.0. The minimum Gasteiger partial charge on any atom is -0.497 e. The first-order valence-electron chi connectivity index (χ1n) is 10.00. The highest BCUT2D eigenvalue weighted by atomic mass is 16.5. The van der Waals surface area contributed by atoms with Gasteiger partial charge >= 0.3 is 11.9 Å². The molecule has 3 aromatic carbocycles. The lowest BCUT2D eigenvalue weighted by molar-refractivity contribution is 0.0527. The molecule has 6 heteroatoms. The molecule has 31 heavy (non-hydrogen) atoms. The Hall–Kier alpha value is -3.80. The van der Waals surface area contributed by atoms with Gasteiger partial charge < -0.3 is 18.8 Å². The zero-order valence-corrected chi connectivity index (χ0v) is 17.9. The summed E-state index contributed by atoms with van der Waals surface area (Å²) in [7, 11) is 3.48. The lowest BCUT2D eigenvalue weighted by Crippen LogP contribution is -2.09. The van der Waals surface area contributed by atoms with Gasteiger partial charge in [-0.25, -0.2) is 9.59 Å². The second-order valence-electron chi connectivity index (χ2n) is 7.17. The van der Waals surface area contributed by atoms with Gasteiger partial charge in [-0.05, 0) is 44.2 Å². The fraction of sp³-hybridized carbons (Fsp3) is 0.200. The van der Waals surface area contributed by atoms with Gasteiger partial charge in [0.05, 0.1) is 30.4 Å². The van der Waals surface area contributed by atoms with Gasteiger partial charge in [-0.2, -0.15) is 0 Å². The van der Waals surface area contributed by atoms with Crippen LogP contribution in [0.3, 0.4) is 0 Å². The van der Waals surface area contributed by atoms with E-state index < -0.39 is 11.9 Å². The van der Waals surface area contributed by atoms with Crippen LogP contribution in [0.15, 0.2) is 54.6 Å². The van der Waals surface area contributed by atoms with Gasteiger partial charge in [0, 0.05) is 28.9 Å². The third-order valence-electron chi connectivity index (χ3n) is 5.46. The molecule has 4 aromatic rings. The molecule has 1 heterocycles. The summed E-state index contributed by atoms with van der Waals surface area (Å²) in [5.41, 5.74) is 2.56. The zero-order valence-electron chi connectivity index (χ0n) is 17.9. The molecule has 158 valence electrons. The number of esters is 2. The number of carbonyl (C=O) groups excluding carboxylic acids is 2. The van der Waals surface area contributed by atoms with E-state index in [1.807, 2.05) is 42.8 Å². The largest absolute Gasteiger partial charge is 0.497 e. The quantitative estimate of drug-likeness (QED) is 0.336. The standard InChI is InChI=1S/C25H23NO5/c1-5-30-25(28)22-15(2)26(3)23-19-9-7-6-8-18(19)21(14-20(22)23)31-24(27)16-10-12-17(29-4)13-11-16/h6-14H,5H2,1-4H3. The van der Waals surface area contributed by atoms with Crippen molar-refractivity contribution in [2.75, 3.05) is 13.7 Å². The summed E-state index contributed by atoms with van der Waals surface area (Å²) in [6.07, 6.45) is 0. The van der Waals surface area contributed by atoms with E-state index in [1.165, 1.54) is 0 Å². The second kappa shape index (κ2) is 8.14. The topological polar surface area (TPSA) is 66.8 Å². The Morgan fingerprint density at radius 3 is 2.26 bits per heavy atom. The molecule has 0 unspecified atom stereocenters. The van der Waals surface area contributed by atoms with Crippen molar-refractivity contribution in [3.05, 3.63) is 71.4 Å². The van der Waals surface area contributed by atoms with E-state index in [4.69, 9.17) is 14.2 Å². The van der Waals surface area contributed by atoms with Gasteiger partial charge in [-0.15, -0.1) is 0 Å². The van der Waals surface area contributed by atoms with E-state index in [-0.39, 0.29) is 6.61 Å². The lowest BCUT2D eigenvalue weighted by Gasteiger charge is -2.11. The summed E-state index contributed by atoms with van der Waals surface area (Å²) in [4.78, 5) is 25.5. The van der Waals surface area contributed by atoms with Crippen molar-refractivity contribution in [2.24, 2.45) is 7.05 Å². The number of nitrogens with zero attached hydrogens (tertiary/aromatic N) is 1. The van der Waals surface area contributed by atoms with Crippen LogP contribution in [0.5, 0.6) is 11.5 Å². The molecular formula is C25H23NO5. The van der Waals surface area contributed by atoms with E-state index in [1.54, 1.807) is 44.4 Å². The average Bonchev–Trinajstić information content (AvgIpc) is 3.04. The maximum atomic E-state index is 12.8. The van der Waals surface area contributed by atoms with Crippen LogP contribution < -0.4 is 9.47 Å². The number of carbonyl (C=O) groups is 2. The Bertz CT molecular complexity index is 1300. The number of aromatic nitrogens is 1. The van der Waals surface area contributed by atoms with Crippen LogP contribution in [-0.4, -0.2) is 30.2 Å². The zero-order chi connectivity index (χ0) is 22.1. The van der Waals surface area contributed by atoms with Crippen LogP contribution in [0.4, 0.5) is 0 Å². The molecule has 0 fully saturated rings. The average molecular weight is 417 g/mol. The molecule has 0 N–H and O–H groups in total. The highest BCUT2D eigenvalue weighted by Gasteiger charge is 2.23. The number of rotatable bonds is 5. The van der Waals surface area contributed by atoms with Gasteiger partial charge in [0.25, 0.3) is 0 Å². The van der Waals surface area contributed by atoms with E-state index in [2.05, 4.69) is 0 Å². The number of benzene rings is 3. The maximum absolute atomic E-state index is 12.8. The number of fused-ring (bicyclic) bond motifs is 3.